The Morgan fingerprint density at radius 2 is 1.03 bits per heavy atom. The fourth-order valence-corrected chi connectivity index (χ4v) is 13.0. The predicted molar refractivity (Wildman–Crippen MR) is 312 cm³/mol. The third-order valence-electron chi connectivity index (χ3n) is 16.4. The molecule has 1 aliphatic heterocycles. The van der Waals surface area contributed by atoms with E-state index in [-0.39, 0.29) is 22.7 Å². The fourth-order valence-electron chi connectivity index (χ4n) is 13.0. The van der Waals surface area contributed by atoms with Crippen LogP contribution in [0.1, 0.15) is 75.4 Å². The van der Waals surface area contributed by atoms with Gasteiger partial charge in [-0.3, -0.25) is 4.40 Å². The number of rotatable bonds is 6. The first-order valence-corrected chi connectivity index (χ1v) is 26.2. The van der Waals surface area contributed by atoms with Crippen molar-refractivity contribution >= 4 is 100 Å². The molecule has 0 radical (unpaired) electrons. The summed E-state index contributed by atoms with van der Waals surface area (Å²) in [5, 5.41) is 8.76. The largest absolute Gasteiger partial charge is 0.308 e. The molecule has 4 aromatic heterocycles. The van der Waals surface area contributed by atoms with Gasteiger partial charge >= 0.3 is 0 Å². The van der Waals surface area contributed by atoms with E-state index in [4.69, 9.17) is 4.98 Å². The lowest BCUT2D eigenvalue weighted by Gasteiger charge is -2.30. The molecule has 5 nitrogen and oxygen atoms in total. The van der Waals surface area contributed by atoms with Crippen LogP contribution in [0.3, 0.4) is 0 Å². The highest BCUT2D eigenvalue weighted by Crippen LogP contribution is 2.60. The number of benzene rings is 8. The molecule has 15 rings (SSSR count). The third-order valence-corrected chi connectivity index (χ3v) is 16.4. The number of aromatic nitrogens is 3. The van der Waals surface area contributed by atoms with Crippen molar-refractivity contribution in [3.63, 3.8) is 0 Å². The fraction of sp³-hybridized carbons (Fsp3) is 0.145. The number of anilines is 6. The van der Waals surface area contributed by atoms with Gasteiger partial charge in [-0.1, -0.05) is 163 Å². The quantitative estimate of drug-likeness (QED) is 0.166. The summed E-state index contributed by atoms with van der Waals surface area (Å²) in [4.78, 5) is 10.8. The van der Waals surface area contributed by atoms with Crippen LogP contribution in [0.5, 0.6) is 0 Å². The van der Waals surface area contributed by atoms with Gasteiger partial charge in [0, 0.05) is 72.8 Å². The van der Waals surface area contributed by atoms with Crippen molar-refractivity contribution in [1.82, 2.24) is 14.0 Å². The normalized spacial score (nSPS) is 15.9. The zero-order valence-electron chi connectivity index (χ0n) is 42.6. The Labute approximate surface area is 431 Å². The molecular weight excluding hydrogens is 899 g/mol. The van der Waals surface area contributed by atoms with Gasteiger partial charge < -0.3 is 14.4 Å². The first-order valence-electron chi connectivity index (χ1n) is 26.2. The van der Waals surface area contributed by atoms with Crippen LogP contribution in [-0.4, -0.2) is 14.0 Å². The van der Waals surface area contributed by atoms with E-state index in [1.807, 2.05) is 0 Å². The van der Waals surface area contributed by atoms with Gasteiger partial charge in [0.15, 0.2) is 0 Å². The maximum atomic E-state index is 5.83. The lowest BCUT2D eigenvalue weighted by atomic mass is 9.72. The second-order valence-electron chi connectivity index (χ2n) is 22.8. The zero-order chi connectivity index (χ0) is 49.8. The highest BCUT2D eigenvalue weighted by Gasteiger charge is 2.45. The molecule has 12 aromatic rings. The van der Waals surface area contributed by atoms with E-state index in [2.05, 4.69) is 273 Å². The van der Waals surface area contributed by atoms with Gasteiger partial charge in [0.2, 0.25) is 0 Å². The van der Waals surface area contributed by atoms with Crippen molar-refractivity contribution < 1.29 is 0 Å². The van der Waals surface area contributed by atoms with Gasteiger partial charge in [0.25, 0.3) is 0 Å². The van der Waals surface area contributed by atoms with Crippen molar-refractivity contribution in [2.24, 2.45) is 5.92 Å². The van der Waals surface area contributed by atoms with Crippen LogP contribution in [0, 0.1) is 5.92 Å². The number of allylic oxidation sites excluding steroid dienone is 5. The number of hydrogen-bond acceptors (Lipinski definition) is 3. The number of hydrogen-bond donors (Lipinski definition) is 0. The van der Waals surface area contributed by atoms with E-state index in [9.17, 15) is 0 Å². The molecule has 3 aliphatic rings. The Kier molecular flexibility index (Phi) is 8.96. The van der Waals surface area contributed by atoms with Gasteiger partial charge in [0.1, 0.15) is 5.65 Å². The smallest absolute Gasteiger partial charge is 0.146 e. The van der Waals surface area contributed by atoms with E-state index in [0.717, 1.165) is 51.0 Å². The summed E-state index contributed by atoms with van der Waals surface area (Å²) in [5.74, 6) is 0.171. The number of nitrogens with zero attached hydrogens (tertiary/aromatic N) is 5. The monoisotopic (exact) mass is 953 g/mol. The average Bonchev–Trinajstić information content (AvgIpc) is 4.18. The molecule has 5 heterocycles. The topological polar surface area (TPSA) is 28.7 Å². The minimum atomic E-state index is -0.134. The van der Waals surface area contributed by atoms with Crippen molar-refractivity contribution in [2.75, 3.05) is 9.80 Å². The van der Waals surface area contributed by atoms with Crippen LogP contribution in [0.25, 0.3) is 71.7 Å². The van der Waals surface area contributed by atoms with E-state index in [0.29, 0.717) is 0 Å². The Morgan fingerprint density at radius 3 is 1.62 bits per heavy atom. The number of pyridine rings is 1. The molecule has 0 fully saturated rings. The summed E-state index contributed by atoms with van der Waals surface area (Å²) >= 11 is 0. The molecule has 2 unspecified atom stereocenters. The lowest BCUT2D eigenvalue weighted by molar-refractivity contribution is 0.591. The molecule has 0 saturated carbocycles. The van der Waals surface area contributed by atoms with Gasteiger partial charge in [-0.2, -0.15) is 0 Å². The van der Waals surface area contributed by atoms with Gasteiger partial charge in [-0.05, 0) is 129 Å². The standard InChI is InChI=1S/C69H55N5/c1-68(2,3)44-38-54-59-50-33-21-20-24-43(50)36-56(71(46-25-11-7-12-26-46)47-27-13-8-14-28-47)66(59)74-63(54)55(39-44)61-62-58(41-70-67(61)74)73-64-53(52-35-42-23-19-22-34-51(42)60(62)65(52)73)37-45(69(4,5)6)40-57(64)72(48-29-15-9-16-30-48)49-31-17-10-18-32-49/h7-41,51,60H,1-6H3. The molecule has 0 bridgehead atoms. The van der Waals surface area contributed by atoms with Crippen molar-refractivity contribution in [1.29, 1.82) is 0 Å². The van der Waals surface area contributed by atoms with Gasteiger partial charge in [-0.15, -0.1) is 0 Å². The Hall–Kier alpha value is -8.67. The summed E-state index contributed by atoms with van der Waals surface area (Å²) in [7, 11) is 0. The zero-order valence-corrected chi connectivity index (χ0v) is 42.6. The Morgan fingerprint density at radius 1 is 0.500 bits per heavy atom. The van der Waals surface area contributed by atoms with Crippen LogP contribution >= 0.6 is 0 Å². The molecule has 0 N–H and O–H groups in total. The summed E-state index contributed by atoms with van der Waals surface area (Å²) < 4.78 is 5.19. The Bertz CT molecular complexity index is 4290. The second kappa shape index (κ2) is 15.4. The molecule has 5 heteroatoms. The molecule has 2 aliphatic carbocycles. The van der Waals surface area contributed by atoms with Crippen LogP contribution in [0.2, 0.25) is 0 Å². The number of para-hydroxylation sites is 4. The van der Waals surface area contributed by atoms with Gasteiger partial charge in [-0.25, -0.2) is 4.98 Å². The molecule has 2 atom stereocenters. The maximum absolute atomic E-state index is 5.83. The van der Waals surface area contributed by atoms with Crippen LogP contribution < -0.4 is 9.80 Å². The average molecular weight is 954 g/mol. The highest BCUT2D eigenvalue weighted by atomic mass is 15.2. The second-order valence-corrected chi connectivity index (χ2v) is 22.8. The first kappa shape index (κ1) is 43.0. The molecule has 356 valence electrons. The van der Waals surface area contributed by atoms with Crippen LogP contribution in [0.4, 0.5) is 34.1 Å². The van der Waals surface area contributed by atoms with Crippen molar-refractivity contribution in [3.8, 4) is 5.69 Å². The summed E-state index contributed by atoms with van der Waals surface area (Å²) in [6.07, 6.45) is 14.0. The van der Waals surface area contributed by atoms with E-state index >= 15 is 0 Å². The summed E-state index contributed by atoms with van der Waals surface area (Å²) in [6, 6.07) is 64.9. The molecule has 0 spiro atoms. The van der Waals surface area contributed by atoms with E-state index in [1.54, 1.807) is 0 Å². The Balaban J connectivity index is 1.13. The molecule has 74 heavy (non-hydrogen) atoms. The van der Waals surface area contributed by atoms with E-state index in [1.165, 1.54) is 82.3 Å². The van der Waals surface area contributed by atoms with E-state index < -0.39 is 0 Å². The first-order chi connectivity index (χ1) is 36.0. The maximum Gasteiger partial charge on any atom is 0.146 e. The van der Waals surface area contributed by atoms with Crippen molar-refractivity contribution in [3.05, 3.63) is 240 Å². The molecule has 0 saturated heterocycles. The summed E-state index contributed by atoms with van der Waals surface area (Å²) in [6.45, 7) is 14.1. The SMILES string of the molecule is CC(C)(C)c1cc(N(c2ccccc2)c2ccccc2)c2c(c1)c1c3n2-c2cnc4c(c2C3C2C=CC=CC2=C1)c1cc(C(C)(C)C)cc2c3c5ccccc5cc(N(c5ccccc5)c5ccccc5)c3n4c12. The van der Waals surface area contributed by atoms with Crippen LogP contribution in [0.15, 0.2) is 212 Å². The van der Waals surface area contributed by atoms with Crippen LogP contribution in [-0.2, 0) is 10.8 Å². The third kappa shape index (κ3) is 6.01. The minimum Gasteiger partial charge on any atom is -0.308 e. The molecule has 8 aromatic carbocycles. The summed E-state index contributed by atoms with van der Waals surface area (Å²) in [5.41, 5.74) is 20.2. The van der Waals surface area contributed by atoms with Crippen molar-refractivity contribution in [2.45, 2.75) is 58.3 Å². The van der Waals surface area contributed by atoms with Gasteiger partial charge in [0.05, 0.1) is 39.8 Å². The number of fused-ring (bicyclic) bond motifs is 17. The molecular formula is C69H55N5. The lowest BCUT2D eigenvalue weighted by Crippen LogP contribution is -2.18. The predicted octanol–water partition coefficient (Wildman–Crippen LogP) is 18.4. The minimum absolute atomic E-state index is 0.0350. The highest BCUT2D eigenvalue weighted by molar-refractivity contribution is 6.32. The molecule has 0 amide bonds.